The van der Waals surface area contributed by atoms with Crippen LogP contribution < -0.4 is 5.56 Å². The van der Waals surface area contributed by atoms with Gasteiger partial charge in [-0.2, -0.15) is 0 Å². The van der Waals surface area contributed by atoms with Gasteiger partial charge in [0.25, 0.3) is 5.56 Å². The van der Waals surface area contributed by atoms with Crippen LogP contribution in [0.4, 0.5) is 0 Å². The standard InChI is InChI=1S/C24H21N5O/c30-24-20-21-23(27-19-13-7-6-12-18(19)26-21)28(14-16-8-2-1-3-9-16)22(20)25-15-29(24)17-10-4-5-11-17/h1-3,6-9,12-13,15,17H,4-5,10-11,14H2. The van der Waals surface area contributed by atoms with Crippen molar-refractivity contribution in [1.82, 2.24) is 24.1 Å². The van der Waals surface area contributed by atoms with Crippen LogP contribution in [0.15, 0.2) is 65.7 Å². The van der Waals surface area contributed by atoms with E-state index in [1.165, 1.54) is 0 Å². The third-order valence-electron chi connectivity index (χ3n) is 6.18. The van der Waals surface area contributed by atoms with E-state index in [0.29, 0.717) is 28.7 Å². The van der Waals surface area contributed by atoms with Crippen molar-refractivity contribution < 1.29 is 0 Å². The highest BCUT2D eigenvalue weighted by Gasteiger charge is 2.23. The zero-order valence-corrected chi connectivity index (χ0v) is 16.5. The predicted molar refractivity (Wildman–Crippen MR) is 118 cm³/mol. The fraction of sp³-hybridized carbons (Fsp3) is 0.250. The molecular weight excluding hydrogens is 374 g/mol. The van der Waals surface area contributed by atoms with Gasteiger partial charge in [-0.05, 0) is 30.5 Å². The lowest BCUT2D eigenvalue weighted by atomic mass is 10.2. The van der Waals surface area contributed by atoms with Crippen LogP contribution in [0.3, 0.4) is 0 Å². The van der Waals surface area contributed by atoms with E-state index in [4.69, 9.17) is 15.0 Å². The molecule has 6 nitrogen and oxygen atoms in total. The first-order valence-electron chi connectivity index (χ1n) is 10.5. The van der Waals surface area contributed by atoms with E-state index in [1.807, 2.05) is 51.6 Å². The second-order valence-corrected chi connectivity index (χ2v) is 8.05. The Morgan fingerprint density at radius 1 is 0.867 bits per heavy atom. The average Bonchev–Trinajstić information content (AvgIpc) is 3.41. The fourth-order valence-corrected chi connectivity index (χ4v) is 4.68. The maximum Gasteiger partial charge on any atom is 0.265 e. The molecule has 5 aromatic rings. The molecule has 3 heterocycles. The SMILES string of the molecule is O=c1c2c3nc4ccccc4nc3n(Cc3ccccc3)c2ncn1C1CCCC1. The lowest BCUT2D eigenvalue weighted by Crippen LogP contribution is -2.24. The normalized spacial score (nSPS) is 14.9. The van der Waals surface area contributed by atoms with Gasteiger partial charge < -0.3 is 4.57 Å². The Hall–Kier alpha value is -3.54. The van der Waals surface area contributed by atoms with Gasteiger partial charge >= 0.3 is 0 Å². The van der Waals surface area contributed by atoms with Crippen LogP contribution in [0.1, 0.15) is 37.3 Å². The smallest absolute Gasteiger partial charge is 0.265 e. The van der Waals surface area contributed by atoms with Crippen molar-refractivity contribution in [3.05, 3.63) is 76.8 Å². The summed E-state index contributed by atoms with van der Waals surface area (Å²) in [6.45, 7) is 0.591. The van der Waals surface area contributed by atoms with Gasteiger partial charge in [0.05, 0.1) is 17.6 Å². The van der Waals surface area contributed by atoms with Crippen LogP contribution in [-0.4, -0.2) is 24.1 Å². The topological polar surface area (TPSA) is 65.6 Å². The van der Waals surface area contributed by atoms with Gasteiger partial charge in [-0.15, -0.1) is 0 Å². The van der Waals surface area contributed by atoms with E-state index in [9.17, 15) is 4.79 Å². The summed E-state index contributed by atoms with van der Waals surface area (Å²) in [6, 6.07) is 18.2. The van der Waals surface area contributed by atoms with Gasteiger partial charge in [0.2, 0.25) is 0 Å². The molecule has 1 saturated carbocycles. The maximum atomic E-state index is 13.6. The average molecular weight is 395 g/mol. The molecule has 6 rings (SSSR count). The molecule has 0 atom stereocenters. The van der Waals surface area contributed by atoms with Gasteiger partial charge in [-0.3, -0.25) is 9.36 Å². The quantitative estimate of drug-likeness (QED) is 0.452. The monoisotopic (exact) mass is 395 g/mol. The zero-order chi connectivity index (χ0) is 20.1. The highest BCUT2D eigenvalue weighted by atomic mass is 16.1. The summed E-state index contributed by atoms with van der Waals surface area (Å²) >= 11 is 0. The molecule has 0 aliphatic heterocycles. The molecule has 0 unspecified atom stereocenters. The molecule has 0 radical (unpaired) electrons. The minimum atomic E-state index is -0.00621. The summed E-state index contributed by atoms with van der Waals surface area (Å²) in [5.41, 5.74) is 4.74. The molecule has 2 aromatic carbocycles. The Kier molecular flexibility index (Phi) is 3.91. The van der Waals surface area contributed by atoms with Crippen molar-refractivity contribution in [3.63, 3.8) is 0 Å². The molecule has 6 heteroatoms. The fourth-order valence-electron chi connectivity index (χ4n) is 4.68. The van der Waals surface area contributed by atoms with E-state index in [-0.39, 0.29) is 11.6 Å². The molecule has 1 fully saturated rings. The number of nitrogens with zero attached hydrogens (tertiary/aromatic N) is 5. The van der Waals surface area contributed by atoms with Crippen molar-refractivity contribution in [3.8, 4) is 0 Å². The van der Waals surface area contributed by atoms with Gasteiger partial charge in [0.1, 0.15) is 17.2 Å². The molecule has 0 amide bonds. The van der Waals surface area contributed by atoms with Crippen molar-refractivity contribution in [1.29, 1.82) is 0 Å². The highest BCUT2D eigenvalue weighted by Crippen LogP contribution is 2.30. The van der Waals surface area contributed by atoms with Gasteiger partial charge in [0, 0.05) is 6.04 Å². The zero-order valence-electron chi connectivity index (χ0n) is 16.5. The number of para-hydroxylation sites is 2. The van der Waals surface area contributed by atoms with E-state index < -0.39 is 0 Å². The highest BCUT2D eigenvalue weighted by molar-refractivity contribution is 6.04. The van der Waals surface area contributed by atoms with Crippen molar-refractivity contribution in [2.75, 3.05) is 0 Å². The third kappa shape index (κ3) is 2.64. The Morgan fingerprint density at radius 3 is 2.33 bits per heavy atom. The molecule has 3 aromatic heterocycles. The number of benzene rings is 2. The van der Waals surface area contributed by atoms with Crippen molar-refractivity contribution in [2.24, 2.45) is 0 Å². The molecular formula is C24H21N5O. The lowest BCUT2D eigenvalue weighted by Gasteiger charge is -2.13. The van der Waals surface area contributed by atoms with Crippen molar-refractivity contribution in [2.45, 2.75) is 38.3 Å². The largest absolute Gasteiger partial charge is 0.304 e. The van der Waals surface area contributed by atoms with Crippen LogP contribution in [-0.2, 0) is 6.54 Å². The minimum Gasteiger partial charge on any atom is -0.304 e. The molecule has 0 bridgehead atoms. The van der Waals surface area contributed by atoms with Crippen LogP contribution in [0.25, 0.3) is 33.2 Å². The first-order valence-corrected chi connectivity index (χ1v) is 10.5. The first-order chi connectivity index (χ1) is 14.8. The lowest BCUT2D eigenvalue weighted by molar-refractivity contribution is 0.498. The second-order valence-electron chi connectivity index (χ2n) is 8.05. The van der Waals surface area contributed by atoms with Crippen LogP contribution in [0.2, 0.25) is 0 Å². The van der Waals surface area contributed by atoms with Gasteiger partial charge in [-0.25, -0.2) is 15.0 Å². The third-order valence-corrected chi connectivity index (χ3v) is 6.18. The van der Waals surface area contributed by atoms with E-state index in [2.05, 4.69) is 12.1 Å². The molecule has 0 spiro atoms. The Morgan fingerprint density at radius 2 is 1.57 bits per heavy atom. The Bertz CT molecular complexity index is 1450. The van der Waals surface area contributed by atoms with Crippen LogP contribution in [0.5, 0.6) is 0 Å². The van der Waals surface area contributed by atoms with E-state index >= 15 is 0 Å². The summed E-state index contributed by atoms with van der Waals surface area (Å²) in [4.78, 5) is 28.1. The number of hydrogen-bond donors (Lipinski definition) is 0. The number of rotatable bonds is 3. The maximum absolute atomic E-state index is 13.6. The van der Waals surface area contributed by atoms with E-state index in [1.54, 1.807) is 6.33 Å². The number of hydrogen-bond acceptors (Lipinski definition) is 4. The Balaban J connectivity index is 1.68. The predicted octanol–water partition coefficient (Wildman–Crippen LogP) is 4.46. The second kappa shape index (κ2) is 6.76. The summed E-state index contributed by atoms with van der Waals surface area (Å²) in [6.07, 6.45) is 6.11. The molecule has 0 N–H and O–H groups in total. The minimum absolute atomic E-state index is 0.00621. The number of fused-ring (bicyclic) bond motifs is 4. The van der Waals surface area contributed by atoms with Crippen LogP contribution in [0, 0.1) is 0 Å². The summed E-state index contributed by atoms with van der Waals surface area (Å²) in [5.74, 6) is 0. The van der Waals surface area contributed by atoms with Gasteiger partial charge in [0.15, 0.2) is 11.3 Å². The van der Waals surface area contributed by atoms with Crippen molar-refractivity contribution >= 4 is 33.2 Å². The van der Waals surface area contributed by atoms with Gasteiger partial charge in [-0.1, -0.05) is 55.3 Å². The number of aromatic nitrogens is 5. The molecule has 30 heavy (non-hydrogen) atoms. The molecule has 0 saturated heterocycles. The Labute approximate surface area is 172 Å². The van der Waals surface area contributed by atoms with E-state index in [0.717, 1.165) is 42.3 Å². The molecule has 148 valence electrons. The summed E-state index contributed by atoms with van der Waals surface area (Å²) < 4.78 is 3.85. The summed E-state index contributed by atoms with van der Waals surface area (Å²) in [5, 5.41) is 0.577. The first kappa shape index (κ1) is 17.3. The molecule has 1 aliphatic rings. The van der Waals surface area contributed by atoms with Crippen LogP contribution >= 0.6 is 0 Å². The molecule has 1 aliphatic carbocycles. The summed E-state index contributed by atoms with van der Waals surface area (Å²) in [7, 11) is 0.